The maximum Gasteiger partial charge on any atom is 0.407 e. The molecule has 0 bridgehead atoms. The second kappa shape index (κ2) is 10.9. The number of nitrogens with one attached hydrogen (secondary N) is 1. The lowest BCUT2D eigenvalue weighted by Crippen LogP contribution is -2.34. The third kappa shape index (κ3) is 13.6. The van der Waals surface area contributed by atoms with Crippen LogP contribution in [-0.2, 0) is 14.2 Å². The normalized spacial score (nSPS) is 13.1. The van der Waals surface area contributed by atoms with Crippen molar-refractivity contribution in [3.8, 4) is 0 Å². The van der Waals surface area contributed by atoms with Gasteiger partial charge in [0.15, 0.2) is 0 Å². The fraction of sp³-hybridized carbons (Fsp3) is 0.933. The second-order valence-corrected chi connectivity index (χ2v) is 5.96. The van der Waals surface area contributed by atoms with Gasteiger partial charge in [-0.2, -0.15) is 0 Å². The Morgan fingerprint density at radius 1 is 1.10 bits per heavy atom. The van der Waals surface area contributed by atoms with E-state index in [4.69, 9.17) is 14.2 Å². The number of carbonyl (C=O) groups excluding carboxylic acids is 1. The first kappa shape index (κ1) is 19.2. The standard InChI is InChI=1S/C15H31NO4/c1-6-13(2)7-9-18-11-12-19-10-8-16-14(17)20-15(3,4)5/h13H,6-12H2,1-5H3,(H,16,17). The Morgan fingerprint density at radius 2 is 1.70 bits per heavy atom. The minimum absolute atomic E-state index is 0.411. The number of amides is 1. The van der Waals surface area contributed by atoms with Crippen molar-refractivity contribution in [2.75, 3.05) is 33.0 Å². The first-order valence-corrected chi connectivity index (χ1v) is 7.47. The van der Waals surface area contributed by atoms with Gasteiger partial charge in [0.25, 0.3) is 0 Å². The lowest BCUT2D eigenvalue weighted by atomic mass is 10.1. The van der Waals surface area contributed by atoms with Crippen LogP contribution in [0.3, 0.4) is 0 Å². The van der Waals surface area contributed by atoms with E-state index in [0.29, 0.717) is 32.3 Å². The molecule has 5 nitrogen and oxygen atoms in total. The molecule has 20 heavy (non-hydrogen) atoms. The van der Waals surface area contributed by atoms with Crippen LogP contribution in [0.25, 0.3) is 0 Å². The van der Waals surface area contributed by atoms with Gasteiger partial charge in [-0.15, -0.1) is 0 Å². The van der Waals surface area contributed by atoms with Crippen LogP contribution in [0.5, 0.6) is 0 Å². The average Bonchev–Trinajstić information content (AvgIpc) is 2.34. The van der Waals surface area contributed by atoms with Gasteiger partial charge in [-0.3, -0.25) is 0 Å². The smallest absolute Gasteiger partial charge is 0.407 e. The van der Waals surface area contributed by atoms with Crippen molar-refractivity contribution in [3.05, 3.63) is 0 Å². The van der Waals surface area contributed by atoms with Crippen molar-refractivity contribution < 1.29 is 19.0 Å². The molecule has 0 heterocycles. The molecule has 0 fully saturated rings. The van der Waals surface area contributed by atoms with Crippen molar-refractivity contribution in [1.29, 1.82) is 0 Å². The molecular weight excluding hydrogens is 258 g/mol. The largest absolute Gasteiger partial charge is 0.444 e. The maximum atomic E-state index is 11.3. The van der Waals surface area contributed by atoms with E-state index in [1.807, 2.05) is 20.8 Å². The van der Waals surface area contributed by atoms with Crippen molar-refractivity contribution >= 4 is 6.09 Å². The minimum atomic E-state index is -0.464. The molecule has 0 saturated heterocycles. The summed E-state index contributed by atoms with van der Waals surface area (Å²) < 4.78 is 15.9. The summed E-state index contributed by atoms with van der Waals surface area (Å²) >= 11 is 0. The highest BCUT2D eigenvalue weighted by atomic mass is 16.6. The summed E-state index contributed by atoms with van der Waals surface area (Å²) in [5, 5.41) is 2.64. The summed E-state index contributed by atoms with van der Waals surface area (Å²) in [5.41, 5.74) is -0.464. The van der Waals surface area contributed by atoms with Gasteiger partial charge in [-0.05, 0) is 33.1 Å². The minimum Gasteiger partial charge on any atom is -0.444 e. The number of carbonyl (C=O) groups is 1. The van der Waals surface area contributed by atoms with Gasteiger partial charge in [0.05, 0.1) is 19.8 Å². The van der Waals surface area contributed by atoms with Crippen LogP contribution in [0.15, 0.2) is 0 Å². The molecular formula is C15H31NO4. The van der Waals surface area contributed by atoms with Crippen LogP contribution in [0.4, 0.5) is 4.79 Å². The number of alkyl carbamates (subject to hydrolysis) is 1. The molecule has 0 saturated carbocycles. The predicted molar refractivity (Wildman–Crippen MR) is 79.9 cm³/mol. The van der Waals surface area contributed by atoms with E-state index in [0.717, 1.165) is 13.0 Å². The summed E-state index contributed by atoms with van der Waals surface area (Å²) in [6, 6.07) is 0. The van der Waals surface area contributed by atoms with E-state index in [2.05, 4.69) is 19.2 Å². The van der Waals surface area contributed by atoms with Gasteiger partial charge in [0.2, 0.25) is 0 Å². The molecule has 0 aromatic heterocycles. The molecule has 0 spiro atoms. The van der Waals surface area contributed by atoms with Gasteiger partial charge in [-0.25, -0.2) is 4.79 Å². The lowest BCUT2D eigenvalue weighted by Gasteiger charge is -2.19. The molecule has 120 valence electrons. The van der Waals surface area contributed by atoms with E-state index < -0.39 is 11.7 Å². The maximum absolute atomic E-state index is 11.3. The van der Waals surface area contributed by atoms with E-state index >= 15 is 0 Å². The Morgan fingerprint density at radius 3 is 2.25 bits per heavy atom. The summed E-state index contributed by atoms with van der Waals surface area (Å²) in [6.07, 6.45) is 1.87. The highest BCUT2D eigenvalue weighted by molar-refractivity contribution is 5.67. The Balaban J connectivity index is 3.27. The van der Waals surface area contributed by atoms with Crippen LogP contribution in [0.1, 0.15) is 47.5 Å². The van der Waals surface area contributed by atoms with Crippen molar-refractivity contribution in [3.63, 3.8) is 0 Å². The molecule has 0 aliphatic carbocycles. The summed E-state index contributed by atoms with van der Waals surface area (Å²) in [7, 11) is 0. The zero-order chi connectivity index (χ0) is 15.4. The summed E-state index contributed by atoms with van der Waals surface area (Å²) in [4.78, 5) is 11.3. The Labute approximate surface area is 123 Å². The van der Waals surface area contributed by atoms with Crippen LogP contribution in [0, 0.1) is 5.92 Å². The third-order valence-electron chi connectivity index (χ3n) is 2.74. The molecule has 0 aliphatic heterocycles. The molecule has 0 rings (SSSR count). The van der Waals surface area contributed by atoms with Gasteiger partial charge in [0, 0.05) is 13.2 Å². The van der Waals surface area contributed by atoms with Gasteiger partial charge in [0.1, 0.15) is 5.60 Å². The first-order chi connectivity index (χ1) is 9.35. The average molecular weight is 289 g/mol. The van der Waals surface area contributed by atoms with E-state index in [-0.39, 0.29) is 0 Å². The first-order valence-electron chi connectivity index (χ1n) is 7.47. The zero-order valence-electron chi connectivity index (χ0n) is 13.7. The molecule has 1 amide bonds. The number of ether oxygens (including phenoxy) is 3. The van der Waals surface area contributed by atoms with Crippen LogP contribution < -0.4 is 5.32 Å². The highest BCUT2D eigenvalue weighted by Crippen LogP contribution is 2.06. The Kier molecular flexibility index (Phi) is 10.5. The number of rotatable bonds is 10. The van der Waals surface area contributed by atoms with Crippen molar-refractivity contribution in [2.24, 2.45) is 5.92 Å². The molecule has 0 radical (unpaired) electrons. The fourth-order valence-corrected chi connectivity index (χ4v) is 1.35. The van der Waals surface area contributed by atoms with Gasteiger partial charge < -0.3 is 19.5 Å². The number of hydrogen-bond donors (Lipinski definition) is 1. The number of hydrogen-bond acceptors (Lipinski definition) is 4. The molecule has 5 heteroatoms. The topological polar surface area (TPSA) is 56.8 Å². The molecule has 1 unspecified atom stereocenters. The molecule has 0 aromatic rings. The molecule has 1 N–H and O–H groups in total. The fourth-order valence-electron chi connectivity index (χ4n) is 1.35. The summed E-state index contributed by atoms with van der Waals surface area (Å²) in [5.74, 6) is 0.717. The molecule has 1 atom stereocenters. The van der Waals surface area contributed by atoms with Gasteiger partial charge in [-0.1, -0.05) is 20.3 Å². The van der Waals surface area contributed by atoms with Gasteiger partial charge >= 0.3 is 6.09 Å². The predicted octanol–water partition coefficient (Wildman–Crippen LogP) is 2.98. The van der Waals surface area contributed by atoms with Crippen molar-refractivity contribution in [2.45, 2.75) is 53.1 Å². The lowest BCUT2D eigenvalue weighted by molar-refractivity contribution is 0.0374. The Hall–Kier alpha value is -0.810. The van der Waals surface area contributed by atoms with E-state index in [1.54, 1.807) is 0 Å². The monoisotopic (exact) mass is 289 g/mol. The Bertz CT molecular complexity index is 251. The second-order valence-electron chi connectivity index (χ2n) is 5.96. The quantitative estimate of drug-likeness (QED) is 0.628. The SMILES string of the molecule is CCC(C)CCOCCOCCNC(=O)OC(C)(C)C. The third-order valence-corrected chi connectivity index (χ3v) is 2.74. The van der Waals surface area contributed by atoms with E-state index in [9.17, 15) is 4.79 Å². The molecule has 0 aliphatic rings. The highest BCUT2D eigenvalue weighted by Gasteiger charge is 2.15. The summed E-state index contributed by atoms with van der Waals surface area (Å²) in [6.45, 7) is 12.8. The van der Waals surface area contributed by atoms with Crippen LogP contribution >= 0.6 is 0 Å². The van der Waals surface area contributed by atoms with Crippen LogP contribution in [0.2, 0.25) is 0 Å². The van der Waals surface area contributed by atoms with Crippen LogP contribution in [-0.4, -0.2) is 44.7 Å². The molecule has 0 aromatic carbocycles. The van der Waals surface area contributed by atoms with Crippen molar-refractivity contribution in [1.82, 2.24) is 5.32 Å². The zero-order valence-corrected chi connectivity index (χ0v) is 13.7. The van der Waals surface area contributed by atoms with E-state index in [1.165, 1.54) is 6.42 Å².